The summed E-state index contributed by atoms with van der Waals surface area (Å²) >= 11 is 0. The molecule has 0 aromatic carbocycles. The van der Waals surface area contributed by atoms with E-state index in [2.05, 4.69) is 24.1 Å². The summed E-state index contributed by atoms with van der Waals surface area (Å²) in [6, 6.07) is 0.886. The van der Waals surface area contributed by atoms with Crippen molar-refractivity contribution in [1.82, 2.24) is 10.2 Å². The lowest BCUT2D eigenvalue weighted by Crippen LogP contribution is -2.52. The Labute approximate surface area is 111 Å². The highest BCUT2D eigenvalue weighted by Gasteiger charge is 2.33. The van der Waals surface area contributed by atoms with Crippen molar-refractivity contribution in [3.8, 4) is 0 Å². The SMILES string of the molecule is CC1CCCC(C)N1C(=O)C1CCCNC1.Cl. The van der Waals surface area contributed by atoms with Crippen molar-refractivity contribution in [3.63, 3.8) is 0 Å². The summed E-state index contributed by atoms with van der Waals surface area (Å²) < 4.78 is 0. The average Bonchev–Trinajstić information content (AvgIpc) is 2.30. The zero-order valence-electron chi connectivity index (χ0n) is 10.9. The van der Waals surface area contributed by atoms with Gasteiger partial charge in [0.15, 0.2) is 0 Å². The van der Waals surface area contributed by atoms with Crippen LogP contribution in [0.15, 0.2) is 0 Å². The number of carbonyl (C=O) groups is 1. The first-order valence-corrected chi connectivity index (χ1v) is 6.73. The van der Waals surface area contributed by atoms with Gasteiger partial charge < -0.3 is 10.2 Å². The second kappa shape index (κ2) is 6.60. The lowest BCUT2D eigenvalue weighted by molar-refractivity contribution is -0.142. The molecular weight excluding hydrogens is 236 g/mol. The second-order valence-corrected chi connectivity index (χ2v) is 5.42. The van der Waals surface area contributed by atoms with Crippen LogP contribution in [-0.4, -0.2) is 36.0 Å². The van der Waals surface area contributed by atoms with Gasteiger partial charge in [0.2, 0.25) is 5.91 Å². The monoisotopic (exact) mass is 260 g/mol. The third-order valence-corrected chi connectivity index (χ3v) is 4.09. The average molecular weight is 261 g/mol. The molecule has 2 rings (SSSR count). The molecule has 3 unspecified atom stereocenters. The quantitative estimate of drug-likeness (QED) is 0.784. The van der Waals surface area contributed by atoms with E-state index in [4.69, 9.17) is 0 Å². The summed E-state index contributed by atoms with van der Waals surface area (Å²) in [4.78, 5) is 14.6. The maximum Gasteiger partial charge on any atom is 0.227 e. The van der Waals surface area contributed by atoms with Crippen LogP contribution in [0.25, 0.3) is 0 Å². The van der Waals surface area contributed by atoms with E-state index < -0.39 is 0 Å². The van der Waals surface area contributed by atoms with Crippen molar-refractivity contribution in [2.24, 2.45) is 5.92 Å². The molecule has 1 amide bonds. The summed E-state index contributed by atoms with van der Waals surface area (Å²) in [6.45, 7) is 6.36. The van der Waals surface area contributed by atoms with Crippen LogP contribution in [0, 0.1) is 5.92 Å². The number of rotatable bonds is 1. The first-order valence-electron chi connectivity index (χ1n) is 6.73. The van der Waals surface area contributed by atoms with Crippen molar-refractivity contribution in [1.29, 1.82) is 0 Å². The topological polar surface area (TPSA) is 32.3 Å². The van der Waals surface area contributed by atoms with Crippen molar-refractivity contribution in [3.05, 3.63) is 0 Å². The molecule has 0 saturated carbocycles. The number of nitrogens with zero attached hydrogens (tertiary/aromatic N) is 1. The molecule has 2 aliphatic heterocycles. The van der Waals surface area contributed by atoms with Gasteiger partial charge >= 0.3 is 0 Å². The van der Waals surface area contributed by atoms with Crippen molar-refractivity contribution in [2.75, 3.05) is 13.1 Å². The third-order valence-electron chi connectivity index (χ3n) is 4.09. The van der Waals surface area contributed by atoms with Crippen molar-refractivity contribution < 1.29 is 4.79 Å². The third kappa shape index (κ3) is 3.35. The minimum absolute atomic E-state index is 0. The Bertz CT molecular complexity index is 244. The number of nitrogens with one attached hydrogen (secondary N) is 1. The van der Waals surface area contributed by atoms with Gasteiger partial charge in [-0.05, 0) is 52.5 Å². The Morgan fingerprint density at radius 3 is 2.29 bits per heavy atom. The van der Waals surface area contributed by atoms with Gasteiger partial charge in [0, 0.05) is 18.6 Å². The minimum atomic E-state index is 0. The largest absolute Gasteiger partial charge is 0.337 e. The van der Waals surface area contributed by atoms with Gasteiger partial charge in [-0.2, -0.15) is 0 Å². The van der Waals surface area contributed by atoms with Crippen molar-refractivity contribution >= 4 is 18.3 Å². The molecule has 0 radical (unpaired) electrons. The molecule has 0 spiro atoms. The van der Waals surface area contributed by atoms with Gasteiger partial charge in [-0.25, -0.2) is 0 Å². The Balaban J connectivity index is 0.00000144. The van der Waals surface area contributed by atoms with Crippen LogP contribution >= 0.6 is 12.4 Å². The van der Waals surface area contributed by atoms with Gasteiger partial charge in [-0.15, -0.1) is 12.4 Å². The van der Waals surface area contributed by atoms with Crippen LogP contribution in [0.1, 0.15) is 46.0 Å². The van der Waals surface area contributed by atoms with Gasteiger partial charge in [0.25, 0.3) is 0 Å². The predicted octanol–water partition coefficient (Wildman–Crippen LogP) is 2.20. The van der Waals surface area contributed by atoms with E-state index in [1.807, 2.05) is 0 Å². The number of likely N-dealkylation sites (tertiary alicyclic amines) is 1. The maximum atomic E-state index is 12.5. The molecule has 0 aromatic heterocycles. The molecule has 0 aromatic rings. The molecule has 3 nitrogen and oxygen atoms in total. The Kier molecular flexibility index (Phi) is 5.74. The first-order chi connectivity index (χ1) is 7.70. The molecule has 2 saturated heterocycles. The lowest BCUT2D eigenvalue weighted by Gasteiger charge is -2.41. The molecule has 2 heterocycles. The van der Waals surface area contributed by atoms with E-state index in [0.717, 1.165) is 25.9 Å². The van der Waals surface area contributed by atoms with E-state index in [1.54, 1.807) is 0 Å². The highest BCUT2D eigenvalue weighted by atomic mass is 35.5. The number of halogens is 1. The molecule has 4 heteroatoms. The minimum Gasteiger partial charge on any atom is -0.337 e. The number of amides is 1. The molecule has 100 valence electrons. The van der Waals surface area contributed by atoms with Crippen LogP contribution in [0.2, 0.25) is 0 Å². The number of carbonyl (C=O) groups excluding carboxylic acids is 1. The smallest absolute Gasteiger partial charge is 0.227 e. The van der Waals surface area contributed by atoms with E-state index >= 15 is 0 Å². The summed E-state index contributed by atoms with van der Waals surface area (Å²) in [5, 5.41) is 3.34. The van der Waals surface area contributed by atoms with Crippen LogP contribution in [-0.2, 0) is 4.79 Å². The fourth-order valence-corrected chi connectivity index (χ4v) is 3.13. The van der Waals surface area contributed by atoms with Crippen molar-refractivity contribution in [2.45, 2.75) is 58.0 Å². The lowest BCUT2D eigenvalue weighted by atomic mass is 9.92. The molecule has 17 heavy (non-hydrogen) atoms. The molecule has 2 aliphatic rings. The zero-order chi connectivity index (χ0) is 11.5. The number of hydrogen-bond acceptors (Lipinski definition) is 2. The van der Waals surface area contributed by atoms with E-state index in [1.165, 1.54) is 19.3 Å². The number of hydrogen-bond donors (Lipinski definition) is 1. The van der Waals surface area contributed by atoms with E-state index in [0.29, 0.717) is 18.0 Å². The molecular formula is C13H25ClN2O. The Morgan fingerprint density at radius 2 is 1.76 bits per heavy atom. The van der Waals surface area contributed by atoms with E-state index in [9.17, 15) is 4.79 Å². The Morgan fingerprint density at radius 1 is 1.12 bits per heavy atom. The van der Waals surface area contributed by atoms with Crippen LogP contribution in [0.4, 0.5) is 0 Å². The van der Waals surface area contributed by atoms with Crippen LogP contribution < -0.4 is 5.32 Å². The van der Waals surface area contributed by atoms with Crippen LogP contribution in [0.5, 0.6) is 0 Å². The highest BCUT2D eigenvalue weighted by molar-refractivity contribution is 5.85. The molecule has 3 atom stereocenters. The van der Waals surface area contributed by atoms with Gasteiger partial charge in [0.05, 0.1) is 5.92 Å². The fraction of sp³-hybridized carbons (Fsp3) is 0.923. The normalized spacial score (nSPS) is 34.0. The van der Waals surface area contributed by atoms with Gasteiger partial charge in [0.1, 0.15) is 0 Å². The fourth-order valence-electron chi connectivity index (χ4n) is 3.13. The molecule has 1 N–H and O–H groups in total. The number of piperidine rings is 2. The molecule has 0 bridgehead atoms. The zero-order valence-corrected chi connectivity index (χ0v) is 11.8. The first kappa shape index (κ1) is 14.8. The Hall–Kier alpha value is -0.280. The van der Waals surface area contributed by atoms with Gasteiger partial charge in [-0.1, -0.05) is 0 Å². The summed E-state index contributed by atoms with van der Waals surface area (Å²) in [7, 11) is 0. The van der Waals surface area contributed by atoms with Crippen LogP contribution in [0.3, 0.4) is 0 Å². The standard InChI is InChI=1S/C13H24N2O.ClH/c1-10-5-3-6-11(2)15(10)13(16)12-7-4-8-14-9-12;/h10-12,14H,3-9H2,1-2H3;1H. The maximum absolute atomic E-state index is 12.5. The van der Waals surface area contributed by atoms with Gasteiger partial charge in [-0.3, -0.25) is 4.79 Å². The van der Waals surface area contributed by atoms with E-state index in [-0.39, 0.29) is 18.3 Å². The summed E-state index contributed by atoms with van der Waals surface area (Å²) in [5.41, 5.74) is 0. The highest BCUT2D eigenvalue weighted by Crippen LogP contribution is 2.26. The summed E-state index contributed by atoms with van der Waals surface area (Å²) in [6.07, 6.45) is 5.84. The molecule has 2 fully saturated rings. The molecule has 0 aliphatic carbocycles. The summed E-state index contributed by atoms with van der Waals surface area (Å²) in [5.74, 6) is 0.628. The predicted molar refractivity (Wildman–Crippen MR) is 72.5 cm³/mol. The second-order valence-electron chi connectivity index (χ2n) is 5.42.